The zero-order valence-corrected chi connectivity index (χ0v) is 28.1. The van der Waals surface area contributed by atoms with Crippen LogP contribution in [-0.2, 0) is 0 Å². The summed E-state index contributed by atoms with van der Waals surface area (Å²) in [6.07, 6.45) is 0. The van der Waals surface area contributed by atoms with Gasteiger partial charge in [0.1, 0.15) is 5.58 Å². The second kappa shape index (κ2) is 11.2. The largest absolute Gasteiger partial charge is 0.454 e. The van der Waals surface area contributed by atoms with Crippen LogP contribution in [0.2, 0.25) is 0 Å². The molecule has 0 saturated heterocycles. The Balaban J connectivity index is 1.25. The summed E-state index contributed by atoms with van der Waals surface area (Å²) in [4.78, 5) is 2.34. The number of benzene rings is 8. The lowest BCUT2D eigenvalue weighted by atomic mass is 10.1. The average Bonchev–Trinajstić information content (AvgIpc) is 3.86. The van der Waals surface area contributed by atoms with E-state index in [1.165, 1.54) is 27.1 Å². The highest BCUT2D eigenvalue weighted by molar-refractivity contribution is 6.20. The molecule has 0 saturated carbocycles. The molecule has 0 bridgehead atoms. The van der Waals surface area contributed by atoms with E-state index in [0.717, 1.165) is 66.9 Å². The Hall–Kier alpha value is -7.04. The molecular formula is C48H31N3O. The van der Waals surface area contributed by atoms with Crippen LogP contribution in [0.15, 0.2) is 192 Å². The molecule has 0 radical (unpaired) electrons. The van der Waals surface area contributed by atoms with Crippen molar-refractivity contribution in [3.8, 4) is 11.4 Å². The molecule has 0 fully saturated rings. The zero-order chi connectivity index (χ0) is 34.2. The number of hydrogen-bond acceptors (Lipinski definition) is 2. The zero-order valence-electron chi connectivity index (χ0n) is 28.1. The fraction of sp³-hybridized carbons (Fsp3) is 0. The van der Waals surface area contributed by atoms with Crippen molar-refractivity contribution >= 4 is 82.6 Å². The van der Waals surface area contributed by atoms with Crippen LogP contribution in [0.3, 0.4) is 0 Å². The normalized spacial score (nSPS) is 11.8. The van der Waals surface area contributed by atoms with Crippen LogP contribution in [0.1, 0.15) is 0 Å². The Kier molecular flexibility index (Phi) is 6.22. The Labute approximate surface area is 299 Å². The maximum Gasteiger partial charge on any atom is 0.159 e. The summed E-state index contributed by atoms with van der Waals surface area (Å²) >= 11 is 0. The van der Waals surface area contributed by atoms with E-state index in [-0.39, 0.29) is 0 Å². The maximum absolute atomic E-state index is 6.62. The van der Waals surface area contributed by atoms with Gasteiger partial charge in [-0.05, 0) is 84.9 Å². The van der Waals surface area contributed by atoms with Crippen molar-refractivity contribution < 1.29 is 4.42 Å². The van der Waals surface area contributed by atoms with E-state index in [1.807, 2.05) is 6.07 Å². The van der Waals surface area contributed by atoms with Gasteiger partial charge in [-0.1, -0.05) is 103 Å². The molecule has 0 unspecified atom stereocenters. The van der Waals surface area contributed by atoms with Crippen LogP contribution in [-0.4, -0.2) is 9.13 Å². The third-order valence-electron chi connectivity index (χ3n) is 10.5. The van der Waals surface area contributed by atoms with Gasteiger partial charge >= 0.3 is 0 Å². The summed E-state index contributed by atoms with van der Waals surface area (Å²) < 4.78 is 11.4. The minimum Gasteiger partial charge on any atom is -0.454 e. The van der Waals surface area contributed by atoms with Crippen LogP contribution in [0.4, 0.5) is 17.1 Å². The number of rotatable bonds is 5. The molecule has 0 spiro atoms. The molecule has 3 heterocycles. The number of furan rings is 1. The van der Waals surface area contributed by atoms with Gasteiger partial charge in [-0.2, -0.15) is 0 Å². The highest BCUT2D eigenvalue weighted by Gasteiger charge is 2.22. The Morgan fingerprint density at radius 3 is 1.65 bits per heavy atom. The van der Waals surface area contributed by atoms with Gasteiger partial charge in [0.25, 0.3) is 0 Å². The molecule has 11 rings (SSSR count). The molecule has 0 amide bonds. The summed E-state index contributed by atoms with van der Waals surface area (Å²) in [5.41, 5.74) is 11.9. The molecule has 11 aromatic rings. The molecule has 0 aliphatic carbocycles. The highest BCUT2D eigenvalue weighted by atomic mass is 16.3. The van der Waals surface area contributed by atoms with Crippen molar-refractivity contribution in [1.29, 1.82) is 0 Å². The summed E-state index contributed by atoms with van der Waals surface area (Å²) in [5, 5.41) is 7.03. The fourth-order valence-electron chi connectivity index (χ4n) is 8.23. The van der Waals surface area contributed by atoms with E-state index in [4.69, 9.17) is 4.42 Å². The molecule has 0 aliphatic heterocycles. The molecule has 4 heteroatoms. The lowest BCUT2D eigenvalue weighted by Crippen LogP contribution is -2.09. The van der Waals surface area contributed by atoms with E-state index in [0.29, 0.717) is 0 Å². The SMILES string of the molecule is c1ccc(N(c2ccccc2)c2ccc3c(c2)c2cc4c(cc2n3-c2ccccc2)c2ccccc2n4-c2cccc3c2oc2ccccc23)cc1. The molecule has 4 nitrogen and oxygen atoms in total. The van der Waals surface area contributed by atoms with Crippen LogP contribution in [0.5, 0.6) is 0 Å². The first-order valence-corrected chi connectivity index (χ1v) is 17.7. The first-order chi connectivity index (χ1) is 25.8. The summed E-state index contributed by atoms with van der Waals surface area (Å²) in [5.74, 6) is 0. The smallest absolute Gasteiger partial charge is 0.159 e. The van der Waals surface area contributed by atoms with E-state index in [9.17, 15) is 0 Å². The molecule has 0 N–H and O–H groups in total. The third kappa shape index (κ3) is 4.21. The number of fused-ring (bicyclic) bond motifs is 9. The van der Waals surface area contributed by atoms with Gasteiger partial charge in [-0.25, -0.2) is 0 Å². The minimum absolute atomic E-state index is 0.891. The second-order valence-corrected chi connectivity index (χ2v) is 13.4. The number of hydrogen-bond donors (Lipinski definition) is 0. The van der Waals surface area contributed by atoms with Crippen LogP contribution < -0.4 is 4.90 Å². The maximum atomic E-state index is 6.62. The summed E-state index contributed by atoms with van der Waals surface area (Å²) in [7, 11) is 0. The molecule has 8 aromatic carbocycles. The number of aromatic nitrogens is 2. The van der Waals surface area contributed by atoms with Crippen LogP contribution in [0.25, 0.3) is 76.9 Å². The monoisotopic (exact) mass is 665 g/mol. The van der Waals surface area contributed by atoms with Crippen LogP contribution in [0, 0.1) is 0 Å². The van der Waals surface area contributed by atoms with Gasteiger partial charge in [-0.15, -0.1) is 0 Å². The number of para-hydroxylation sites is 6. The average molecular weight is 666 g/mol. The predicted octanol–water partition coefficient (Wildman–Crippen LogP) is 13.2. The molecule has 52 heavy (non-hydrogen) atoms. The Bertz CT molecular complexity index is 3080. The van der Waals surface area contributed by atoms with Crippen molar-refractivity contribution in [2.75, 3.05) is 4.90 Å². The minimum atomic E-state index is 0.891. The molecule has 0 aliphatic rings. The van der Waals surface area contributed by atoms with Crippen molar-refractivity contribution in [3.63, 3.8) is 0 Å². The van der Waals surface area contributed by atoms with Crippen molar-refractivity contribution in [2.45, 2.75) is 0 Å². The number of nitrogens with zero attached hydrogens (tertiary/aromatic N) is 3. The fourth-order valence-corrected chi connectivity index (χ4v) is 8.23. The van der Waals surface area contributed by atoms with Gasteiger partial charge in [0.05, 0.1) is 27.8 Å². The van der Waals surface area contributed by atoms with Crippen molar-refractivity contribution in [3.05, 3.63) is 188 Å². The van der Waals surface area contributed by atoms with Crippen molar-refractivity contribution in [1.82, 2.24) is 9.13 Å². The standard InChI is InChI=1S/C48H31N3O/c1-4-15-32(16-5-1)49(33-17-6-2-7-18-33)35-27-28-43-39(29-35)41-31-46-40(30-45(41)50(43)34-19-8-3-9-20-34)36-21-10-12-24-42(36)51(46)44-25-14-23-38-37-22-11-13-26-47(37)52-48(38)44/h1-31H. The van der Waals surface area contributed by atoms with E-state index in [2.05, 4.69) is 196 Å². The second-order valence-electron chi connectivity index (χ2n) is 13.4. The topological polar surface area (TPSA) is 26.2 Å². The molecule has 0 atom stereocenters. The van der Waals surface area contributed by atoms with Gasteiger partial charge in [-0.3, -0.25) is 0 Å². The predicted molar refractivity (Wildman–Crippen MR) is 217 cm³/mol. The Morgan fingerprint density at radius 2 is 0.904 bits per heavy atom. The van der Waals surface area contributed by atoms with Gasteiger partial charge in [0.2, 0.25) is 0 Å². The lowest BCUT2D eigenvalue weighted by Gasteiger charge is -2.25. The quantitative estimate of drug-likeness (QED) is 0.183. The third-order valence-corrected chi connectivity index (χ3v) is 10.5. The molecular weight excluding hydrogens is 635 g/mol. The lowest BCUT2D eigenvalue weighted by molar-refractivity contribution is 0.666. The first kappa shape index (κ1) is 28.8. The van der Waals surface area contributed by atoms with E-state index >= 15 is 0 Å². The first-order valence-electron chi connectivity index (χ1n) is 17.7. The summed E-state index contributed by atoms with van der Waals surface area (Å²) in [6, 6.07) is 67.1. The summed E-state index contributed by atoms with van der Waals surface area (Å²) in [6.45, 7) is 0. The van der Waals surface area contributed by atoms with Gasteiger partial charge in [0, 0.05) is 55.1 Å². The molecule has 244 valence electrons. The highest BCUT2D eigenvalue weighted by Crippen LogP contribution is 2.44. The van der Waals surface area contributed by atoms with E-state index in [1.54, 1.807) is 0 Å². The Morgan fingerprint density at radius 1 is 0.346 bits per heavy atom. The molecule has 3 aromatic heterocycles. The number of anilines is 3. The van der Waals surface area contributed by atoms with Crippen molar-refractivity contribution in [2.24, 2.45) is 0 Å². The van der Waals surface area contributed by atoms with Gasteiger partial charge < -0.3 is 18.5 Å². The van der Waals surface area contributed by atoms with Crippen LogP contribution >= 0.6 is 0 Å². The van der Waals surface area contributed by atoms with Gasteiger partial charge in [0.15, 0.2) is 5.58 Å². The van der Waals surface area contributed by atoms with E-state index < -0.39 is 0 Å².